The summed E-state index contributed by atoms with van der Waals surface area (Å²) >= 11 is 0. The van der Waals surface area contributed by atoms with Crippen LogP contribution in [0.2, 0.25) is 0 Å². The molecular formula is C13H19N3O3. The topological polar surface area (TPSA) is 69.9 Å². The van der Waals surface area contributed by atoms with Gasteiger partial charge in [0, 0.05) is 38.8 Å². The first-order valence-electron chi connectivity index (χ1n) is 6.45. The first kappa shape index (κ1) is 13.8. The summed E-state index contributed by atoms with van der Waals surface area (Å²) in [6, 6.07) is 5.18. The number of nitro benzene ring substituents is 1. The summed E-state index contributed by atoms with van der Waals surface area (Å²) in [6.45, 7) is 5.89. The Morgan fingerprint density at radius 3 is 2.58 bits per heavy atom. The van der Waals surface area contributed by atoms with Gasteiger partial charge in [0.1, 0.15) is 5.69 Å². The Morgan fingerprint density at radius 2 is 2.00 bits per heavy atom. The van der Waals surface area contributed by atoms with Gasteiger partial charge in [-0.1, -0.05) is 12.1 Å². The summed E-state index contributed by atoms with van der Waals surface area (Å²) in [7, 11) is 0. The number of para-hydroxylation sites is 1. The van der Waals surface area contributed by atoms with Crippen molar-refractivity contribution in [2.24, 2.45) is 0 Å². The molecule has 0 aromatic heterocycles. The maximum atomic E-state index is 11.1. The number of aliphatic hydroxyl groups excluding tert-OH is 1. The number of aryl methyl sites for hydroxylation is 1. The zero-order valence-electron chi connectivity index (χ0n) is 11.1. The zero-order valence-corrected chi connectivity index (χ0v) is 11.1. The molecule has 0 aliphatic carbocycles. The minimum absolute atomic E-state index is 0.157. The summed E-state index contributed by atoms with van der Waals surface area (Å²) in [4.78, 5) is 15.0. The Hall–Kier alpha value is -1.66. The first-order chi connectivity index (χ1) is 9.13. The fourth-order valence-electron chi connectivity index (χ4n) is 2.54. The lowest BCUT2D eigenvalue weighted by molar-refractivity contribution is -0.384. The van der Waals surface area contributed by atoms with Gasteiger partial charge in [0.05, 0.1) is 11.5 Å². The molecule has 1 aromatic rings. The van der Waals surface area contributed by atoms with Crippen LogP contribution < -0.4 is 4.90 Å². The van der Waals surface area contributed by atoms with Gasteiger partial charge < -0.3 is 10.0 Å². The molecule has 6 nitrogen and oxygen atoms in total. The molecule has 0 saturated carbocycles. The lowest BCUT2D eigenvalue weighted by Gasteiger charge is -2.36. The Morgan fingerprint density at radius 1 is 1.32 bits per heavy atom. The molecule has 1 aromatic carbocycles. The van der Waals surface area contributed by atoms with E-state index >= 15 is 0 Å². The van der Waals surface area contributed by atoms with Crippen LogP contribution in [0.5, 0.6) is 0 Å². The van der Waals surface area contributed by atoms with E-state index in [-0.39, 0.29) is 17.2 Å². The van der Waals surface area contributed by atoms with Gasteiger partial charge in [-0.3, -0.25) is 15.0 Å². The molecule has 0 unspecified atom stereocenters. The van der Waals surface area contributed by atoms with Crippen molar-refractivity contribution in [3.8, 4) is 0 Å². The van der Waals surface area contributed by atoms with Gasteiger partial charge in [-0.05, 0) is 12.5 Å². The number of aliphatic hydroxyl groups is 1. The highest BCUT2D eigenvalue weighted by Crippen LogP contribution is 2.32. The van der Waals surface area contributed by atoms with E-state index in [1.54, 1.807) is 12.1 Å². The molecule has 1 N–H and O–H groups in total. The van der Waals surface area contributed by atoms with E-state index in [0.717, 1.165) is 37.4 Å². The fourth-order valence-corrected chi connectivity index (χ4v) is 2.54. The molecule has 2 rings (SSSR count). The second-order valence-corrected chi connectivity index (χ2v) is 4.75. The number of benzene rings is 1. The summed E-state index contributed by atoms with van der Waals surface area (Å²) < 4.78 is 0. The number of nitrogens with zero attached hydrogens (tertiary/aromatic N) is 3. The largest absolute Gasteiger partial charge is 0.395 e. The smallest absolute Gasteiger partial charge is 0.292 e. The van der Waals surface area contributed by atoms with Crippen molar-refractivity contribution in [2.75, 3.05) is 44.2 Å². The molecule has 1 aliphatic heterocycles. The number of β-amino-alcohol motifs (C(OH)–C–C–N with tert-alkyl or cyclic N) is 1. The lowest BCUT2D eigenvalue weighted by Crippen LogP contribution is -2.47. The average molecular weight is 265 g/mol. The van der Waals surface area contributed by atoms with E-state index in [1.165, 1.54) is 0 Å². The van der Waals surface area contributed by atoms with Crippen molar-refractivity contribution >= 4 is 11.4 Å². The predicted molar refractivity (Wildman–Crippen MR) is 73.6 cm³/mol. The first-order valence-corrected chi connectivity index (χ1v) is 6.45. The molecule has 104 valence electrons. The van der Waals surface area contributed by atoms with Gasteiger partial charge in [-0.2, -0.15) is 0 Å². The number of piperazine rings is 1. The zero-order chi connectivity index (χ0) is 13.8. The maximum absolute atomic E-state index is 11.1. The lowest BCUT2D eigenvalue weighted by atomic mass is 10.1. The summed E-state index contributed by atoms with van der Waals surface area (Å²) in [5, 5.41) is 20.0. The van der Waals surface area contributed by atoms with Crippen LogP contribution in [0.1, 0.15) is 5.56 Å². The van der Waals surface area contributed by atoms with E-state index < -0.39 is 0 Å². The van der Waals surface area contributed by atoms with Crippen molar-refractivity contribution in [2.45, 2.75) is 6.92 Å². The molecule has 1 saturated heterocycles. The van der Waals surface area contributed by atoms with Crippen molar-refractivity contribution in [1.82, 2.24) is 4.90 Å². The highest BCUT2D eigenvalue weighted by atomic mass is 16.6. The summed E-state index contributed by atoms with van der Waals surface area (Å²) in [6.07, 6.45) is 0. The van der Waals surface area contributed by atoms with Gasteiger partial charge >= 0.3 is 0 Å². The normalized spacial score (nSPS) is 16.6. The molecule has 1 heterocycles. The monoisotopic (exact) mass is 265 g/mol. The second-order valence-electron chi connectivity index (χ2n) is 4.75. The van der Waals surface area contributed by atoms with Crippen LogP contribution in [-0.2, 0) is 0 Å². The third-order valence-electron chi connectivity index (χ3n) is 3.52. The highest BCUT2D eigenvalue weighted by Gasteiger charge is 2.24. The van der Waals surface area contributed by atoms with Crippen LogP contribution in [0, 0.1) is 17.0 Å². The molecule has 0 radical (unpaired) electrons. The second kappa shape index (κ2) is 5.99. The molecule has 19 heavy (non-hydrogen) atoms. The van der Waals surface area contributed by atoms with Crippen LogP contribution in [0.15, 0.2) is 18.2 Å². The predicted octanol–water partition coefficient (Wildman–Crippen LogP) is 1.02. The fraction of sp³-hybridized carbons (Fsp3) is 0.538. The van der Waals surface area contributed by atoms with Crippen LogP contribution in [-0.4, -0.2) is 54.3 Å². The number of nitro groups is 1. The van der Waals surface area contributed by atoms with Gasteiger partial charge in [0.15, 0.2) is 0 Å². The number of hydrogen-bond donors (Lipinski definition) is 1. The van der Waals surface area contributed by atoms with Crippen molar-refractivity contribution in [3.63, 3.8) is 0 Å². The SMILES string of the molecule is Cc1cccc([N+](=O)[O-])c1N1CCN(CCO)CC1. The average Bonchev–Trinajstić information content (AvgIpc) is 2.40. The minimum atomic E-state index is -0.317. The van der Waals surface area contributed by atoms with Gasteiger partial charge in [-0.15, -0.1) is 0 Å². The Labute approximate surface area is 112 Å². The summed E-state index contributed by atoms with van der Waals surface area (Å²) in [5.41, 5.74) is 1.84. The standard InChI is InChI=1S/C13H19N3O3/c1-11-3-2-4-12(16(18)19)13(11)15-7-5-14(6-8-15)9-10-17/h2-4,17H,5-10H2,1H3. The molecule has 6 heteroatoms. The quantitative estimate of drug-likeness (QED) is 0.650. The third kappa shape index (κ3) is 3.02. The van der Waals surface area contributed by atoms with Gasteiger partial charge in [0.25, 0.3) is 5.69 Å². The Balaban J connectivity index is 2.17. The van der Waals surface area contributed by atoms with Crippen molar-refractivity contribution in [1.29, 1.82) is 0 Å². The number of rotatable bonds is 4. The van der Waals surface area contributed by atoms with E-state index in [0.29, 0.717) is 6.54 Å². The Bertz CT molecular complexity index is 456. The van der Waals surface area contributed by atoms with Crippen LogP contribution in [0.25, 0.3) is 0 Å². The van der Waals surface area contributed by atoms with E-state index in [2.05, 4.69) is 9.80 Å². The third-order valence-corrected chi connectivity index (χ3v) is 3.52. The maximum Gasteiger partial charge on any atom is 0.292 e. The molecule has 0 bridgehead atoms. The molecule has 0 amide bonds. The highest BCUT2D eigenvalue weighted by molar-refractivity contribution is 5.67. The van der Waals surface area contributed by atoms with E-state index in [1.807, 2.05) is 13.0 Å². The molecular weight excluding hydrogens is 246 g/mol. The van der Waals surface area contributed by atoms with Crippen molar-refractivity contribution in [3.05, 3.63) is 33.9 Å². The molecule has 0 spiro atoms. The van der Waals surface area contributed by atoms with Crippen molar-refractivity contribution < 1.29 is 10.0 Å². The molecule has 0 atom stereocenters. The summed E-state index contributed by atoms with van der Waals surface area (Å²) in [5.74, 6) is 0. The molecule has 1 fully saturated rings. The van der Waals surface area contributed by atoms with E-state index in [4.69, 9.17) is 5.11 Å². The number of anilines is 1. The van der Waals surface area contributed by atoms with Crippen LogP contribution >= 0.6 is 0 Å². The van der Waals surface area contributed by atoms with Gasteiger partial charge in [-0.25, -0.2) is 0 Å². The Kier molecular flexibility index (Phi) is 4.34. The van der Waals surface area contributed by atoms with Crippen LogP contribution in [0.3, 0.4) is 0 Å². The van der Waals surface area contributed by atoms with Crippen LogP contribution in [0.4, 0.5) is 11.4 Å². The number of hydrogen-bond acceptors (Lipinski definition) is 5. The van der Waals surface area contributed by atoms with Gasteiger partial charge in [0.2, 0.25) is 0 Å². The molecule has 1 aliphatic rings. The minimum Gasteiger partial charge on any atom is -0.395 e. The van der Waals surface area contributed by atoms with E-state index in [9.17, 15) is 10.1 Å².